The molecule has 3 aromatic rings. The van der Waals surface area contributed by atoms with Crippen molar-refractivity contribution in [2.24, 2.45) is 5.92 Å². The second-order valence-electron chi connectivity index (χ2n) is 7.66. The van der Waals surface area contributed by atoms with Crippen LogP contribution in [-0.4, -0.2) is 56.5 Å². The Hall–Kier alpha value is -2.58. The Balaban J connectivity index is 1.40. The summed E-state index contributed by atoms with van der Waals surface area (Å²) in [6.45, 7) is 6.92. The smallest absolute Gasteiger partial charge is 0.276 e. The average Bonchev–Trinajstić information content (AvgIpc) is 3.41. The van der Waals surface area contributed by atoms with Gasteiger partial charge in [-0.3, -0.25) is 15.0 Å². The van der Waals surface area contributed by atoms with Gasteiger partial charge in [0.05, 0.1) is 0 Å². The molecule has 28 heavy (non-hydrogen) atoms. The quantitative estimate of drug-likeness (QED) is 0.744. The highest BCUT2D eigenvalue weighted by Gasteiger charge is 2.26. The summed E-state index contributed by atoms with van der Waals surface area (Å²) >= 11 is 0. The van der Waals surface area contributed by atoms with E-state index in [1.165, 1.54) is 24.0 Å². The van der Waals surface area contributed by atoms with Crippen molar-refractivity contribution in [1.29, 1.82) is 0 Å². The Labute approximate surface area is 163 Å². The molecule has 1 N–H and O–H groups in total. The Morgan fingerprint density at radius 1 is 1.29 bits per heavy atom. The van der Waals surface area contributed by atoms with Gasteiger partial charge in [0.25, 0.3) is 5.89 Å². The third-order valence-electron chi connectivity index (χ3n) is 5.78. The van der Waals surface area contributed by atoms with E-state index in [1.54, 1.807) is 6.20 Å². The number of pyridine rings is 1. The lowest BCUT2D eigenvalue weighted by molar-refractivity contribution is 0.0506. The highest BCUT2D eigenvalue weighted by Crippen LogP contribution is 2.32. The van der Waals surface area contributed by atoms with Crippen LogP contribution in [0.2, 0.25) is 0 Å². The van der Waals surface area contributed by atoms with Crippen LogP contribution in [0.1, 0.15) is 29.7 Å². The lowest BCUT2D eigenvalue weighted by atomic mass is 9.93. The molecule has 0 spiro atoms. The summed E-state index contributed by atoms with van der Waals surface area (Å²) in [5.41, 5.74) is 5.24. The fourth-order valence-electron chi connectivity index (χ4n) is 4.26. The number of aromatic amines is 1. The molecule has 2 aliphatic rings. The number of hydrogen-bond donors (Lipinski definition) is 1. The number of nitrogens with zero attached hydrogens (tertiary/aromatic N) is 5. The minimum atomic E-state index is 0.446. The predicted octanol–water partition coefficient (Wildman–Crippen LogP) is 2.61. The zero-order valence-electron chi connectivity index (χ0n) is 16.0. The summed E-state index contributed by atoms with van der Waals surface area (Å²) in [6, 6.07) is 1.82. The minimum Gasteiger partial charge on any atom is -0.381 e. The average molecular weight is 380 g/mol. The van der Waals surface area contributed by atoms with Crippen molar-refractivity contribution in [2.75, 3.05) is 26.3 Å². The molecule has 5 heterocycles. The van der Waals surface area contributed by atoms with E-state index in [1.807, 2.05) is 19.2 Å². The van der Waals surface area contributed by atoms with Crippen LogP contribution in [0.25, 0.3) is 23.0 Å². The summed E-state index contributed by atoms with van der Waals surface area (Å²) in [4.78, 5) is 11.8. The minimum absolute atomic E-state index is 0.446. The SMILES string of the molecule is Cc1ncc2c(c1-c1noc(-c3ccn[nH]3)n1)CCN(CC1CCOCC1)C2. The summed E-state index contributed by atoms with van der Waals surface area (Å²) in [6.07, 6.45) is 6.99. The number of fused-ring (bicyclic) bond motifs is 1. The summed E-state index contributed by atoms with van der Waals surface area (Å²) in [5.74, 6) is 1.79. The van der Waals surface area contributed by atoms with Crippen LogP contribution >= 0.6 is 0 Å². The van der Waals surface area contributed by atoms with E-state index in [2.05, 4.69) is 30.2 Å². The molecule has 0 radical (unpaired) electrons. The van der Waals surface area contributed by atoms with Gasteiger partial charge in [-0.2, -0.15) is 10.1 Å². The van der Waals surface area contributed by atoms with Crippen LogP contribution in [0.4, 0.5) is 0 Å². The Morgan fingerprint density at radius 2 is 2.18 bits per heavy atom. The molecule has 0 bridgehead atoms. The first-order chi connectivity index (χ1) is 13.8. The van der Waals surface area contributed by atoms with Gasteiger partial charge in [-0.1, -0.05) is 5.16 Å². The maximum absolute atomic E-state index is 5.49. The highest BCUT2D eigenvalue weighted by atomic mass is 16.5. The van der Waals surface area contributed by atoms with E-state index in [4.69, 9.17) is 9.26 Å². The third-order valence-corrected chi connectivity index (χ3v) is 5.78. The number of ether oxygens (including phenoxy) is 1. The first-order valence-corrected chi connectivity index (χ1v) is 9.89. The molecule has 8 heteroatoms. The van der Waals surface area contributed by atoms with Crippen LogP contribution in [0, 0.1) is 12.8 Å². The zero-order valence-corrected chi connectivity index (χ0v) is 16.0. The lowest BCUT2D eigenvalue weighted by Gasteiger charge is -2.33. The van der Waals surface area contributed by atoms with Crippen LogP contribution < -0.4 is 0 Å². The van der Waals surface area contributed by atoms with Gasteiger partial charge < -0.3 is 9.26 Å². The normalized spacial score (nSPS) is 18.3. The van der Waals surface area contributed by atoms with Gasteiger partial charge in [-0.15, -0.1) is 0 Å². The van der Waals surface area contributed by atoms with Crippen molar-refractivity contribution in [3.63, 3.8) is 0 Å². The molecule has 1 saturated heterocycles. The molecular weight excluding hydrogens is 356 g/mol. The second-order valence-corrected chi connectivity index (χ2v) is 7.66. The van der Waals surface area contributed by atoms with Crippen LogP contribution in [0.5, 0.6) is 0 Å². The van der Waals surface area contributed by atoms with Crippen molar-refractivity contribution < 1.29 is 9.26 Å². The molecule has 1 fully saturated rings. The number of aryl methyl sites for hydroxylation is 1. The van der Waals surface area contributed by atoms with E-state index in [-0.39, 0.29) is 0 Å². The molecule has 0 saturated carbocycles. The summed E-state index contributed by atoms with van der Waals surface area (Å²) in [7, 11) is 0. The predicted molar refractivity (Wildman–Crippen MR) is 102 cm³/mol. The van der Waals surface area contributed by atoms with Crippen molar-refractivity contribution in [3.05, 3.63) is 35.3 Å². The summed E-state index contributed by atoms with van der Waals surface area (Å²) < 4.78 is 10.9. The molecule has 0 aliphatic carbocycles. The topological polar surface area (TPSA) is 93.0 Å². The first kappa shape index (κ1) is 17.5. The molecule has 3 aromatic heterocycles. The van der Waals surface area contributed by atoms with Gasteiger partial charge >= 0.3 is 0 Å². The van der Waals surface area contributed by atoms with Crippen molar-refractivity contribution in [2.45, 2.75) is 32.7 Å². The largest absolute Gasteiger partial charge is 0.381 e. The van der Waals surface area contributed by atoms with Crippen molar-refractivity contribution >= 4 is 0 Å². The zero-order chi connectivity index (χ0) is 18.9. The van der Waals surface area contributed by atoms with Crippen LogP contribution in [0.15, 0.2) is 23.0 Å². The lowest BCUT2D eigenvalue weighted by Crippen LogP contribution is -2.36. The number of aromatic nitrogens is 5. The van der Waals surface area contributed by atoms with E-state index >= 15 is 0 Å². The van der Waals surface area contributed by atoms with Gasteiger partial charge in [-0.25, -0.2) is 0 Å². The summed E-state index contributed by atoms with van der Waals surface area (Å²) in [5, 5.41) is 11.0. The maximum Gasteiger partial charge on any atom is 0.276 e. The molecule has 0 amide bonds. The third kappa shape index (κ3) is 3.33. The van der Waals surface area contributed by atoms with E-state index in [0.29, 0.717) is 11.7 Å². The number of nitrogens with one attached hydrogen (secondary N) is 1. The highest BCUT2D eigenvalue weighted by molar-refractivity contribution is 5.66. The van der Waals surface area contributed by atoms with Crippen LogP contribution in [0.3, 0.4) is 0 Å². The fraction of sp³-hybridized carbons (Fsp3) is 0.500. The van der Waals surface area contributed by atoms with E-state index in [0.717, 1.165) is 62.1 Å². The first-order valence-electron chi connectivity index (χ1n) is 9.89. The van der Waals surface area contributed by atoms with E-state index in [9.17, 15) is 0 Å². The number of hydrogen-bond acceptors (Lipinski definition) is 7. The molecular formula is C20H24N6O2. The molecule has 2 aliphatic heterocycles. The number of rotatable bonds is 4. The monoisotopic (exact) mass is 380 g/mol. The molecule has 0 aromatic carbocycles. The van der Waals surface area contributed by atoms with Crippen LogP contribution in [-0.2, 0) is 17.7 Å². The standard InChI is InChI=1S/C20H24N6O2/c1-13-18(19-23-20(28-25-19)17-2-6-22-24-17)16-3-7-26(12-15(16)10-21-13)11-14-4-8-27-9-5-14/h2,6,10,14H,3-5,7-9,11-12H2,1H3,(H,22,24). The van der Waals surface area contributed by atoms with Gasteiger partial charge in [0.15, 0.2) is 0 Å². The van der Waals surface area contributed by atoms with Gasteiger partial charge in [0.1, 0.15) is 5.69 Å². The van der Waals surface area contributed by atoms with Gasteiger partial charge in [0, 0.05) is 56.5 Å². The second kappa shape index (κ2) is 7.44. The van der Waals surface area contributed by atoms with E-state index < -0.39 is 0 Å². The Bertz CT molecular complexity index is 946. The fourth-order valence-corrected chi connectivity index (χ4v) is 4.26. The molecule has 0 unspecified atom stereocenters. The molecule has 8 nitrogen and oxygen atoms in total. The van der Waals surface area contributed by atoms with Gasteiger partial charge in [-0.05, 0) is 49.3 Å². The van der Waals surface area contributed by atoms with Crippen molar-refractivity contribution in [1.82, 2.24) is 30.2 Å². The maximum atomic E-state index is 5.49. The molecule has 5 rings (SSSR count). The Morgan fingerprint density at radius 3 is 3.00 bits per heavy atom. The number of H-pyrrole nitrogens is 1. The van der Waals surface area contributed by atoms with Crippen molar-refractivity contribution in [3.8, 4) is 23.0 Å². The Kier molecular flexibility index (Phi) is 4.66. The van der Waals surface area contributed by atoms with Gasteiger partial charge in [0.2, 0.25) is 5.82 Å². The molecule has 146 valence electrons. The molecule has 0 atom stereocenters.